The summed E-state index contributed by atoms with van der Waals surface area (Å²) in [6, 6.07) is 21.3. The Kier molecular flexibility index (Phi) is 5.13. The number of urea groups is 1. The Hall–Kier alpha value is -3.32. The van der Waals surface area contributed by atoms with Crippen LogP contribution in [0.4, 0.5) is 23.7 Å². The predicted octanol–water partition coefficient (Wildman–Crippen LogP) is 5.62. The Bertz CT molecular complexity index is 1110. The van der Waals surface area contributed by atoms with Crippen LogP contribution in [0.3, 0.4) is 0 Å². The van der Waals surface area contributed by atoms with E-state index in [9.17, 15) is 18.0 Å². The van der Waals surface area contributed by atoms with Crippen molar-refractivity contribution < 1.29 is 18.0 Å². The third-order valence-corrected chi connectivity index (χ3v) is 6.21. The van der Waals surface area contributed by atoms with E-state index in [-0.39, 0.29) is 17.8 Å². The lowest BCUT2D eigenvalue weighted by Gasteiger charge is -2.38. The van der Waals surface area contributed by atoms with Crippen LogP contribution in [-0.2, 0) is 6.18 Å². The molecule has 1 saturated heterocycles. The Labute approximate surface area is 184 Å². The highest BCUT2D eigenvalue weighted by Crippen LogP contribution is 2.46. The van der Waals surface area contributed by atoms with Gasteiger partial charge in [-0.3, -0.25) is 4.90 Å². The maximum atomic E-state index is 12.9. The fraction of sp³-hybridized carbons (Fsp3) is 0.240. The second-order valence-corrected chi connectivity index (χ2v) is 8.11. The number of halogens is 3. The molecule has 2 aliphatic rings. The number of rotatable bonds is 2. The smallest absolute Gasteiger partial charge is 0.322 e. The van der Waals surface area contributed by atoms with Gasteiger partial charge >= 0.3 is 12.2 Å². The molecule has 0 unspecified atom stereocenters. The quantitative estimate of drug-likeness (QED) is 0.565. The molecule has 1 fully saturated rings. The lowest BCUT2D eigenvalue weighted by Crippen LogP contribution is -2.50. The highest BCUT2D eigenvalue weighted by atomic mass is 19.4. The summed E-state index contributed by atoms with van der Waals surface area (Å²) < 4.78 is 38.8. The zero-order chi connectivity index (χ0) is 22.3. The normalized spacial score (nSPS) is 16.5. The van der Waals surface area contributed by atoms with Crippen molar-refractivity contribution in [2.24, 2.45) is 0 Å². The monoisotopic (exact) mass is 437 g/mol. The molecular formula is C25H22F3N3O. The van der Waals surface area contributed by atoms with Crippen molar-refractivity contribution in [3.63, 3.8) is 0 Å². The number of benzene rings is 3. The third kappa shape index (κ3) is 3.73. The molecule has 0 radical (unpaired) electrons. The first kappa shape index (κ1) is 20.6. The minimum Gasteiger partial charge on any atom is -0.322 e. The second kappa shape index (κ2) is 7.98. The lowest BCUT2D eigenvalue weighted by molar-refractivity contribution is -0.137. The van der Waals surface area contributed by atoms with Gasteiger partial charge in [-0.15, -0.1) is 0 Å². The van der Waals surface area contributed by atoms with Gasteiger partial charge in [0.25, 0.3) is 0 Å². The van der Waals surface area contributed by atoms with E-state index in [0.717, 1.165) is 12.1 Å². The molecule has 0 saturated carbocycles. The first-order chi connectivity index (χ1) is 15.4. The summed E-state index contributed by atoms with van der Waals surface area (Å²) in [4.78, 5) is 16.7. The average molecular weight is 437 g/mol. The highest BCUT2D eigenvalue weighted by molar-refractivity contribution is 5.89. The van der Waals surface area contributed by atoms with Crippen molar-refractivity contribution in [3.8, 4) is 11.1 Å². The van der Waals surface area contributed by atoms with Crippen LogP contribution in [0.2, 0.25) is 0 Å². The number of anilines is 1. The number of carbonyl (C=O) groups is 1. The molecular weight excluding hydrogens is 415 g/mol. The fourth-order valence-electron chi connectivity index (χ4n) is 4.68. The van der Waals surface area contributed by atoms with E-state index in [0.29, 0.717) is 26.2 Å². The number of piperazine rings is 1. The van der Waals surface area contributed by atoms with Crippen LogP contribution >= 0.6 is 0 Å². The molecule has 0 atom stereocenters. The molecule has 164 valence electrons. The maximum Gasteiger partial charge on any atom is 0.416 e. The highest BCUT2D eigenvalue weighted by Gasteiger charge is 2.35. The van der Waals surface area contributed by atoms with Crippen molar-refractivity contribution in [2.45, 2.75) is 12.2 Å². The molecule has 4 nitrogen and oxygen atoms in total. The lowest BCUT2D eigenvalue weighted by atomic mass is 10.0. The first-order valence-electron chi connectivity index (χ1n) is 10.6. The number of hydrogen-bond acceptors (Lipinski definition) is 2. The van der Waals surface area contributed by atoms with Gasteiger partial charge in [-0.05, 0) is 40.5 Å². The van der Waals surface area contributed by atoms with Gasteiger partial charge in [0.15, 0.2) is 0 Å². The van der Waals surface area contributed by atoms with Gasteiger partial charge in [-0.25, -0.2) is 4.79 Å². The van der Waals surface area contributed by atoms with Gasteiger partial charge in [-0.2, -0.15) is 13.2 Å². The molecule has 0 aromatic heterocycles. The maximum absolute atomic E-state index is 12.9. The number of amides is 2. The van der Waals surface area contributed by atoms with Gasteiger partial charge in [0.05, 0.1) is 11.6 Å². The second-order valence-electron chi connectivity index (χ2n) is 8.11. The van der Waals surface area contributed by atoms with Crippen LogP contribution in [0, 0.1) is 0 Å². The summed E-state index contributed by atoms with van der Waals surface area (Å²) in [6.45, 7) is 2.38. The van der Waals surface area contributed by atoms with Crippen molar-refractivity contribution in [1.82, 2.24) is 9.80 Å². The van der Waals surface area contributed by atoms with Crippen molar-refractivity contribution in [3.05, 3.63) is 89.5 Å². The zero-order valence-corrected chi connectivity index (χ0v) is 17.3. The summed E-state index contributed by atoms with van der Waals surface area (Å²) in [7, 11) is 0. The molecule has 1 aliphatic heterocycles. The molecule has 32 heavy (non-hydrogen) atoms. The van der Waals surface area contributed by atoms with Crippen LogP contribution in [0.5, 0.6) is 0 Å². The summed E-state index contributed by atoms with van der Waals surface area (Å²) in [5, 5.41) is 2.61. The van der Waals surface area contributed by atoms with Crippen molar-refractivity contribution in [1.29, 1.82) is 0 Å². The molecule has 2 amide bonds. The van der Waals surface area contributed by atoms with Gasteiger partial charge in [-0.1, -0.05) is 54.6 Å². The molecule has 1 heterocycles. The van der Waals surface area contributed by atoms with E-state index in [1.807, 2.05) is 12.1 Å². The van der Waals surface area contributed by atoms with E-state index < -0.39 is 11.7 Å². The summed E-state index contributed by atoms with van der Waals surface area (Å²) >= 11 is 0. The molecule has 1 aliphatic carbocycles. The van der Waals surface area contributed by atoms with Gasteiger partial charge < -0.3 is 10.2 Å². The summed E-state index contributed by atoms with van der Waals surface area (Å²) in [5.41, 5.74) is 4.41. The zero-order valence-electron chi connectivity index (χ0n) is 17.3. The van der Waals surface area contributed by atoms with Crippen LogP contribution in [0.1, 0.15) is 22.7 Å². The van der Waals surface area contributed by atoms with Gasteiger partial charge in [0.2, 0.25) is 0 Å². The Morgan fingerprint density at radius 3 is 2.00 bits per heavy atom. The summed E-state index contributed by atoms with van der Waals surface area (Å²) in [6.07, 6.45) is -4.44. The van der Waals surface area contributed by atoms with E-state index in [2.05, 4.69) is 46.6 Å². The number of nitrogens with zero attached hydrogens (tertiary/aromatic N) is 2. The molecule has 5 rings (SSSR count). The standard InChI is InChI=1S/C25H22F3N3O/c26-25(27,28)17-6-5-7-18(16-17)29-24(32)31-14-12-30(13-15-31)23-21-10-3-1-8-19(21)20-9-2-4-11-22(20)23/h1-11,16,23H,12-15H2,(H,29,32). The Morgan fingerprint density at radius 1 is 0.812 bits per heavy atom. The number of hydrogen-bond donors (Lipinski definition) is 1. The molecule has 7 heteroatoms. The van der Waals surface area contributed by atoms with Crippen LogP contribution in [0.15, 0.2) is 72.8 Å². The van der Waals surface area contributed by atoms with Crippen molar-refractivity contribution >= 4 is 11.7 Å². The number of alkyl halides is 3. The topological polar surface area (TPSA) is 35.6 Å². The third-order valence-electron chi connectivity index (χ3n) is 6.21. The fourth-order valence-corrected chi connectivity index (χ4v) is 4.68. The number of fused-ring (bicyclic) bond motifs is 3. The molecule has 0 spiro atoms. The molecule has 0 bridgehead atoms. The minimum absolute atomic E-state index is 0.144. The Morgan fingerprint density at radius 2 is 1.41 bits per heavy atom. The largest absolute Gasteiger partial charge is 0.416 e. The first-order valence-corrected chi connectivity index (χ1v) is 10.6. The van der Waals surface area contributed by atoms with Crippen LogP contribution < -0.4 is 5.32 Å². The molecule has 3 aromatic carbocycles. The summed E-state index contributed by atoms with van der Waals surface area (Å²) in [5.74, 6) is 0. The SMILES string of the molecule is O=C(Nc1cccc(C(F)(F)F)c1)N1CCN(C2c3ccccc3-c3ccccc32)CC1. The molecule has 3 aromatic rings. The number of nitrogens with one attached hydrogen (secondary N) is 1. The van der Waals surface area contributed by atoms with E-state index in [1.54, 1.807) is 4.90 Å². The van der Waals surface area contributed by atoms with Gasteiger partial charge in [0, 0.05) is 31.9 Å². The van der Waals surface area contributed by atoms with Crippen LogP contribution in [-0.4, -0.2) is 42.0 Å². The average Bonchev–Trinajstić information content (AvgIpc) is 3.13. The van der Waals surface area contributed by atoms with Crippen LogP contribution in [0.25, 0.3) is 11.1 Å². The van der Waals surface area contributed by atoms with Crippen molar-refractivity contribution in [2.75, 3.05) is 31.5 Å². The van der Waals surface area contributed by atoms with Gasteiger partial charge in [0.1, 0.15) is 0 Å². The predicted molar refractivity (Wildman–Crippen MR) is 117 cm³/mol. The number of carbonyl (C=O) groups excluding carboxylic acids is 1. The minimum atomic E-state index is -4.44. The Balaban J connectivity index is 1.28. The van der Waals surface area contributed by atoms with E-state index in [4.69, 9.17) is 0 Å². The molecule has 1 N–H and O–H groups in total. The van der Waals surface area contributed by atoms with E-state index >= 15 is 0 Å². The van der Waals surface area contributed by atoms with E-state index in [1.165, 1.54) is 34.4 Å².